The monoisotopic (exact) mass is 294 g/mol. The lowest BCUT2D eigenvalue weighted by molar-refractivity contribution is -0.122. The van der Waals surface area contributed by atoms with E-state index in [1.54, 1.807) is 11.8 Å². The number of carbonyl (C=O) groups is 1. The molecular weight excluding hydrogens is 272 g/mol. The minimum absolute atomic E-state index is 0.0249. The molecule has 1 fully saturated rings. The van der Waals surface area contributed by atoms with E-state index in [9.17, 15) is 4.79 Å². The highest BCUT2D eigenvalue weighted by molar-refractivity contribution is 7.98. The van der Waals surface area contributed by atoms with Crippen LogP contribution in [0.25, 0.3) is 0 Å². The maximum absolute atomic E-state index is 12.1. The number of nitrogens with one attached hydrogen (secondary N) is 1. The molecule has 110 valence electrons. The van der Waals surface area contributed by atoms with E-state index in [0.717, 1.165) is 12.2 Å². The van der Waals surface area contributed by atoms with Crippen LogP contribution >= 0.6 is 11.8 Å². The summed E-state index contributed by atoms with van der Waals surface area (Å²) >= 11 is 1.69. The molecule has 4 nitrogen and oxygen atoms in total. The van der Waals surface area contributed by atoms with Crippen molar-refractivity contribution in [3.05, 3.63) is 24.3 Å². The Bertz CT molecular complexity index is 459. The quantitative estimate of drug-likeness (QED) is 0.866. The van der Waals surface area contributed by atoms with Gasteiger partial charge in [-0.15, -0.1) is 11.8 Å². The number of amides is 1. The maximum Gasteiger partial charge on any atom is 0.238 e. The summed E-state index contributed by atoms with van der Waals surface area (Å²) in [6.07, 6.45) is 2.04. The largest absolute Gasteiger partial charge is 0.378 e. The number of hydrogen-bond donors (Lipinski definition) is 1. The van der Waals surface area contributed by atoms with E-state index in [-0.39, 0.29) is 11.4 Å². The lowest BCUT2D eigenvalue weighted by Gasteiger charge is -2.41. The Hall–Kier alpha value is -1.04. The molecule has 1 N–H and O–H groups in total. The second kappa shape index (κ2) is 6.61. The fourth-order valence-electron chi connectivity index (χ4n) is 2.23. The van der Waals surface area contributed by atoms with Crippen molar-refractivity contribution in [2.24, 2.45) is 0 Å². The first kappa shape index (κ1) is 15.4. The number of thioether (sulfide) groups is 1. The van der Waals surface area contributed by atoms with Crippen molar-refractivity contribution in [1.29, 1.82) is 0 Å². The number of hydrogen-bond acceptors (Lipinski definition) is 4. The molecular formula is C15H22N2O2S. The van der Waals surface area contributed by atoms with Gasteiger partial charge in [-0.05, 0) is 44.4 Å². The Labute approximate surface area is 124 Å². The number of ether oxygens (including phenoxy) is 1. The maximum atomic E-state index is 12.1. The molecule has 0 aromatic heterocycles. The van der Waals surface area contributed by atoms with Gasteiger partial charge in [0.1, 0.15) is 0 Å². The standard InChI is InChI=1S/C15H22N2O2S/c1-15(2)11-19-9-8-17(15)10-14(18)16-12-4-6-13(20-3)7-5-12/h4-7H,8-11H2,1-3H3,(H,16,18). The van der Waals surface area contributed by atoms with Crippen molar-refractivity contribution >= 4 is 23.4 Å². The highest BCUT2D eigenvalue weighted by Crippen LogP contribution is 2.20. The lowest BCUT2D eigenvalue weighted by Crippen LogP contribution is -2.55. The minimum Gasteiger partial charge on any atom is -0.378 e. The molecule has 0 saturated carbocycles. The first-order valence-electron chi connectivity index (χ1n) is 6.78. The van der Waals surface area contributed by atoms with Gasteiger partial charge in [0.15, 0.2) is 0 Å². The number of anilines is 1. The first-order chi connectivity index (χ1) is 9.51. The summed E-state index contributed by atoms with van der Waals surface area (Å²) in [5.74, 6) is 0.0249. The summed E-state index contributed by atoms with van der Waals surface area (Å²) in [6.45, 7) is 6.77. The van der Waals surface area contributed by atoms with E-state index in [4.69, 9.17) is 4.74 Å². The fourth-order valence-corrected chi connectivity index (χ4v) is 2.64. The van der Waals surface area contributed by atoms with Crippen molar-refractivity contribution < 1.29 is 9.53 Å². The number of carbonyl (C=O) groups excluding carboxylic acids is 1. The Morgan fingerprint density at radius 2 is 2.10 bits per heavy atom. The van der Waals surface area contributed by atoms with Gasteiger partial charge in [-0.3, -0.25) is 9.69 Å². The highest BCUT2D eigenvalue weighted by Gasteiger charge is 2.31. The van der Waals surface area contributed by atoms with E-state index in [1.165, 1.54) is 4.90 Å². The van der Waals surface area contributed by atoms with Gasteiger partial charge in [0, 0.05) is 22.7 Å². The summed E-state index contributed by atoms with van der Waals surface area (Å²) in [7, 11) is 0. The molecule has 1 aliphatic rings. The molecule has 1 heterocycles. The van der Waals surface area contributed by atoms with E-state index >= 15 is 0 Å². The van der Waals surface area contributed by atoms with E-state index < -0.39 is 0 Å². The molecule has 0 atom stereocenters. The summed E-state index contributed by atoms with van der Waals surface area (Å²) < 4.78 is 5.46. The summed E-state index contributed by atoms with van der Waals surface area (Å²) in [4.78, 5) is 15.5. The van der Waals surface area contributed by atoms with Crippen molar-refractivity contribution in [2.75, 3.05) is 37.9 Å². The van der Waals surface area contributed by atoms with Gasteiger partial charge in [-0.1, -0.05) is 0 Å². The number of nitrogens with zero attached hydrogens (tertiary/aromatic N) is 1. The van der Waals surface area contributed by atoms with Crippen LogP contribution in [-0.2, 0) is 9.53 Å². The first-order valence-corrected chi connectivity index (χ1v) is 8.00. The zero-order valence-corrected chi connectivity index (χ0v) is 13.1. The van der Waals surface area contributed by atoms with Crippen LogP contribution in [0.2, 0.25) is 0 Å². The van der Waals surface area contributed by atoms with Crippen LogP contribution in [0.5, 0.6) is 0 Å². The molecule has 0 spiro atoms. The molecule has 0 unspecified atom stereocenters. The summed E-state index contributed by atoms with van der Waals surface area (Å²) in [5.41, 5.74) is 0.761. The highest BCUT2D eigenvalue weighted by atomic mass is 32.2. The van der Waals surface area contributed by atoms with Gasteiger partial charge in [-0.2, -0.15) is 0 Å². The molecule has 20 heavy (non-hydrogen) atoms. The Morgan fingerprint density at radius 1 is 1.40 bits per heavy atom. The van der Waals surface area contributed by atoms with Crippen LogP contribution < -0.4 is 5.32 Å². The van der Waals surface area contributed by atoms with Crippen LogP contribution in [0.3, 0.4) is 0 Å². The van der Waals surface area contributed by atoms with Gasteiger partial charge in [0.2, 0.25) is 5.91 Å². The van der Waals surface area contributed by atoms with Crippen LogP contribution in [0.1, 0.15) is 13.8 Å². The van der Waals surface area contributed by atoms with E-state index in [0.29, 0.717) is 19.8 Å². The van der Waals surface area contributed by atoms with Crippen molar-refractivity contribution in [2.45, 2.75) is 24.3 Å². The lowest BCUT2D eigenvalue weighted by atomic mass is 10.0. The Kier molecular flexibility index (Phi) is 5.07. The third-order valence-corrected chi connectivity index (χ3v) is 4.27. The van der Waals surface area contributed by atoms with E-state index in [1.807, 2.05) is 30.5 Å². The average Bonchev–Trinajstić information content (AvgIpc) is 2.42. The van der Waals surface area contributed by atoms with Crippen LogP contribution in [0.4, 0.5) is 5.69 Å². The fraction of sp³-hybridized carbons (Fsp3) is 0.533. The zero-order valence-electron chi connectivity index (χ0n) is 12.3. The van der Waals surface area contributed by atoms with Gasteiger partial charge < -0.3 is 10.1 Å². The predicted octanol–water partition coefficient (Wildman–Crippen LogP) is 2.46. The summed E-state index contributed by atoms with van der Waals surface area (Å²) in [6, 6.07) is 7.90. The van der Waals surface area contributed by atoms with Gasteiger partial charge in [0.05, 0.1) is 19.8 Å². The summed E-state index contributed by atoms with van der Waals surface area (Å²) in [5, 5.41) is 2.95. The SMILES string of the molecule is CSc1ccc(NC(=O)CN2CCOCC2(C)C)cc1. The van der Waals surface area contributed by atoms with Gasteiger partial charge in [-0.25, -0.2) is 0 Å². The number of morpholine rings is 1. The molecule has 1 aromatic carbocycles. The third kappa shape index (κ3) is 3.98. The second-order valence-corrected chi connectivity index (χ2v) is 6.44. The normalized spacial score (nSPS) is 18.8. The van der Waals surface area contributed by atoms with Crippen LogP contribution in [0.15, 0.2) is 29.2 Å². The van der Waals surface area contributed by atoms with Crippen LogP contribution in [0, 0.1) is 0 Å². The molecule has 1 saturated heterocycles. The molecule has 2 rings (SSSR count). The van der Waals surface area contributed by atoms with Gasteiger partial charge in [0.25, 0.3) is 0 Å². The predicted molar refractivity (Wildman–Crippen MR) is 83.3 cm³/mol. The average molecular weight is 294 g/mol. The van der Waals surface area contributed by atoms with Crippen LogP contribution in [-0.4, -0.2) is 48.9 Å². The molecule has 0 aliphatic carbocycles. The van der Waals surface area contributed by atoms with Crippen molar-refractivity contribution in [3.63, 3.8) is 0 Å². The Balaban J connectivity index is 1.91. The smallest absolute Gasteiger partial charge is 0.238 e. The molecule has 5 heteroatoms. The number of rotatable bonds is 4. The third-order valence-electron chi connectivity index (χ3n) is 3.53. The molecule has 1 amide bonds. The molecule has 1 aromatic rings. The topological polar surface area (TPSA) is 41.6 Å². The van der Waals surface area contributed by atoms with Gasteiger partial charge >= 0.3 is 0 Å². The zero-order chi connectivity index (χ0) is 14.6. The second-order valence-electron chi connectivity index (χ2n) is 5.56. The minimum atomic E-state index is -0.0850. The number of benzene rings is 1. The molecule has 1 aliphatic heterocycles. The molecule has 0 bridgehead atoms. The van der Waals surface area contributed by atoms with Crippen molar-refractivity contribution in [1.82, 2.24) is 4.90 Å². The Morgan fingerprint density at radius 3 is 2.70 bits per heavy atom. The van der Waals surface area contributed by atoms with E-state index in [2.05, 4.69) is 24.1 Å². The van der Waals surface area contributed by atoms with Crippen molar-refractivity contribution in [3.8, 4) is 0 Å². The molecule has 0 radical (unpaired) electrons.